The maximum absolute atomic E-state index is 12.5. The number of hydrogen-bond acceptors (Lipinski definition) is 4. The van der Waals surface area contributed by atoms with Gasteiger partial charge in [-0.2, -0.15) is 0 Å². The van der Waals surface area contributed by atoms with Crippen LogP contribution >= 0.6 is 0 Å². The Hall–Kier alpha value is -1.85. The molecule has 0 aromatic heterocycles. The van der Waals surface area contributed by atoms with Crippen molar-refractivity contribution >= 4 is 5.91 Å². The van der Waals surface area contributed by atoms with Crippen molar-refractivity contribution in [1.82, 2.24) is 9.80 Å². The Labute approximate surface area is 163 Å². The van der Waals surface area contributed by atoms with E-state index in [9.17, 15) is 4.79 Å². The van der Waals surface area contributed by atoms with Crippen molar-refractivity contribution in [2.45, 2.75) is 33.2 Å². The molecule has 0 atom stereocenters. The molecule has 0 saturated carbocycles. The predicted molar refractivity (Wildman–Crippen MR) is 109 cm³/mol. The van der Waals surface area contributed by atoms with Gasteiger partial charge in [0.1, 0.15) is 5.75 Å². The lowest BCUT2D eigenvalue weighted by Gasteiger charge is -2.35. The van der Waals surface area contributed by atoms with Gasteiger partial charge >= 0.3 is 0 Å². The van der Waals surface area contributed by atoms with E-state index in [0.29, 0.717) is 19.1 Å². The lowest BCUT2D eigenvalue weighted by Crippen LogP contribution is -2.41. The number of carbonyl (C=O) groups is 1. The molecule has 0 unspecified atom stereocenters. The van der Waals surface area contributed by atoms with E-state index in [1.807, 2.05) is 30.9 Å². The summed E-state index contributed by atoms with van der Waals surface area (Å²) in [5.41, 5.74) is 2.27. The highest BCUT2D eigenvalue weighted by Gasteiger charge is 2.23. The average Bonchev–Trinajstić information content (AvgIpc) is 2.66. The molecule has 1 heterocycles. The van der Waals surface area contributed by atoms with Gasteiger partial charge in [-0.25, -0.2) is 0 Å². The van der Waals surface area contributed by atoms with Crippen LogP contribution in [-0.2, 0) is 16.1 Å². The number of para-hydroxylation sites is 1. The molecule has 1 saturated heterocycles. The Morgan fingerprint density at radius 3 is 2.56 bits per heavy atom. The zero-order chi connectivity index (χ0) is 19.6. The van der Waals surface area contributed by atoms with Gasteiger partial charge in [0.05, 0.1) is 13.7 Å². The fourth-order valence-electron chi connectivity index (χ4n) is 3.54. The van der Waals surface area contributed by atoms with Gasteiger partial charge in [-0.05, 0) is 51.8 Å². The Kier molecular flexibility index (Phi) is 8.82. The van der Waals surface area contributed by atoms with E-state index in [1.165, 1.54) is 5.56 Å². The number of amides is 1. The van der Waals surface area contributed by atoms with Crippen molar-refractivity contribution < 1.29 is 14.3 Å². The first-order chi connectivity index (χ1) is 13.0. The SMILES string of the molecule is COCCN(CC1CCN(Cc2ccccc2OC)CC1)C(=O)C=C(C)C. The molecule has 150 valence electrons. The van der Waals surface area contributed by atoms with Crippen LogP contribution in [0.3, 0.4) is 0 Å². The molecule has 0 aliphatic carbocycles. The van der Waals surface area contributed by atoms with Crippen molar-refractivity contribution in [2.24, 2.45) is 5.92 Å². The summed E-state index contributed by atoms with van der Waals surface area (Å²) in [4.78, 5) is 16.9. The highest BCUT2D eigenvalue weighted by Crippen LogP contribution is 2.24. The number of hydrogen-bond donors (Lipinski definition) is 0. The predicted octanol–water partition coefficient (Wildman–Crippen LogP) is 3.35. The second kappa shape index (κ2) is 11.1. The molecule has 1 amide bonds. The molecule has 0 radical (unpaired) electrons. The van der Waals surface area contributed by atoms with Crippen molar-refractivity contribution in [3.63, 3.8) is 0 Å². The average molecular weight is 375 g/mol. The van der Waals surface area contributed by atoms with Crippen LogP contribution in [0.25, 0.3) is 0 Å². The summed E-state index contributed by atoms with van der Waals surface area (Å²) in [5.74, 6) is 1.60. The number of ether oxygens (including phenoxy) is 2. The van der Waals surface area contributed by atoms with Gasteiger partial charge in [0.15, 0.2) is 0 Å². The molecular formula is C22H34N2O3. The van der Waals surface area contributed by atoms with Crippen LogP contribution in [-0.4, -0.2) is 62.7 Å². The summed E-state index contributed by atoms with van der Waals surface area (Å²) in [5, 5.41) is 0. The number of rotatable bonds is 9. The Morgan fingerprint density at radius 1 is 1.22 bits per heavy atom. The van der Waals surface area contributed by atoms with Gasteiger partial charge in [0.2, 0.25) is 5.91 Å². The molecule has 1 aliphatic heterocycles. The highest BCUT2D eigenvalue weighted by atomic mass is 16.5. The number of benzene rings is 1. The Balaban J connectivity index is 1.87. The second-order valence-electron chi connectivity index (χ2n) is 7.53. The van der Waals surface area contributed by atoms with E-state index < -0.39 is 0 Å². The molecule has 27 heavy (non-hydrogen) atoms. The Morgan fingerprint density at radius 2 is 1.93 bits per heavy atom. The first kappa shape index (κ1) is 21.5. The molecule has 2 rings (SSSR count). The zero-order valence-corrected chi connectivity index (χ0v) is 17.2. The molecule has 1 aromatic rings. The van der Waals surface area contributed by atoms with Crippen LogP contribution in [0.1, 0.15) is 32.3 Å². The number of methoxy groups -OCH3 is 2. The van der Waals surface area contributed by atoms with Gasteiger partial charge in [0, 0.05) is 38.4 Å². The van der Waals surface area contributed by atoms with Gasteiger partial charge in [0.25, 0.3) is 0 Å². The minimum atomic E-state index is 0.100. The summed E-state index contributed by atoms with van der Waals surface area (Å²) in [6.45, 7) is 8.99. The minimum absolute atomic E-state index is 0.100. The zero-order valence-electron chi connectivity index (χ0n) is 17.2. The first-order valence-electron chi connectivity index (χ1n) is 9.80. The third-order valence-corrected chi connectivity index (χ3v) is 5.06. The third kappa shape index (κ3) is 7.00. The molecule has 5 nitrogen and oxygen atoms in total. The molecule has 0 bridgehead atoms. The van der Waals surface area contributed by atoms with Crippen LogP contribution in [0.5, 0.6) is 5.75 Å². The summed E-state index contributed by atoms with van der Waals surface area (Å²) in [7, 11) is 3.41. The van der Waals surface area contributed by atoms with E-state index in [4.69, 9.17) is 9.47 Å². The number of allylic oxidation sites excluding steroid dienone is 1. The molecular weight excluding hydrogens is 340 g/mol. The lowest BCUT2D eigenvalue weighted by atomic mass is 9.95. The summed E-state index contributed by atoms with van der Waals surface area (Å²) in [6.07, 6.45) is 3.95. The van der Waals surface area contributed by atoms with E-state index in [-0.39, 0.29) is 5.91 Å². The summed E-state index contributed by atoms with van der Waals surface area (Å²) in [6, 6.07) is 8.22. The van der Waals surface area contributed by atoms with E-state index in [0.717, 1.165) is 50.3 Å². The van der Waals surface area contributed by atoms with E-state index in [2.05, 4.69) is 17.0 Å². The van der Waals surface area contributed by atoms with Gasteiger partial charge < -0.3 is 14.4 Å². The summed E-state index contributed by atoms with van der Waals surface area (Å²) >= 11 is 0. The summed E-state index contributed by atoms with van der Waals surface area (Å²) < 4.78 is 10.7. The first-order valence-corrected chi connectivity index (χ1v) is 9.80. The topological polar surface area (TPSA) is 42.0 Å². The molecule has 1 aliphatic rings. The fourth-order valence-corrected chi connectivity index (χ4v) is 3.54. The number of nitrogens with zero attached hydrogens (tertiary/aromatic N) is 2. The lowest BCUT2D eigenvalue weighted by molar-refractivity contribution is -0.127. The minimum Gasteiger partial charge on any atom is -0.496 e. The van der Waals surface area contributed by atoms with Crippen LogP contribution in [0.2, 0.25) is 0 Å². The maximum atomic E-state index is 12.5. The van der Waals surface area contributed by atoms with Crippen molar-refractivity contribution in [2.75, 3.05) is 47.0 Å². The fraction of sp³-hybridized carbons (Fsp3) is 0.591. The second-order valence-corrected chi connectivity index (χ2v) is 7.53. The highest BCUT2D eigenvalue weighted by molar-refractivity contribution is 5.88. The van der Waals surface area contributed by atoms with E-state index >= 15 is 0 Å². The van der Waals surface area contributed by atoms with Crippen LogP contribution in [0.15, 0.2) is 35.9 Å². The van der Waals surface area contributed by atoms with Crippen LogP contribution < -0.4 is 4.74 Å². The smallest absolute Gasteiger partial charge is 0.246 e. The third-order valence-electron chi connectivity index (χ3n) is 5.06. The van der Waals surface area contributed by atoms with E-state index in [1.54, 1.807) is 20.3 Å². The normalized spacial score (nSPS) is 15.4. The monoisotopic (exact) mass is 374 g/mol. The van der Waals surface area contributed by atoms with Crippen molar-refractivity contribution in [1.29, 1.82) is 0 Å². The van der Waals surface area contributed by atoms with Gasteiger partial charge in [-0.3, -0.25) is 9.69 Å². The quantitative estimate of drug-likeness (QED) is 0.622. The largest absolute Gasteiger partial charge is 0.496 e. The van der Waals surface area contributed by atoms with Gasteiger partial charge in [-0.15, -0.1) is 0 Å². The molecule has 1 aromatic carbocycles. The van der Waals surface area contributed by atoms with Crippen molar-refractivity contribution in [3.05, 3.63) is 41.5 Å². The Bertz CT molecular complexity index is 618. The van der Waals surface area contributed by atoms with Crippen molar-refractivity contribution in [3.8, 4) is 5.75 Å². The van der Waals surface area contributed by atoms with Crippen LogP contribution in [0.4, 0.5) is 0 Å². The maximum Gasteiger partial charge on any atom is 0.246 e. The molecule has 5 heteroatoms. The van der Waals surface area contributed by atoms with Crippen LogP contribution in [0, 0.1) is 5.92 Å². The number of piperidine rings is 1. The number of likely N-dealkylation sites (tertiary alicyclic amines) is 1. The molecule has 1 fully saturated rings. The molecule has 0 N–H and O–H groups in total. The van der Waals surface area contributed by atoms with Gasteiger partial charge in [-0.1, -0.05) is 23.8 Å². The standard InChI is InChI=1S/C22H34N2O3/c1-18(2)15-22(25)24(13-14-26-3)16-19-9-11-23(12-10-19)17-20-7-5-6-8-21(20)27-4/h5-8,15,19H,9-14,16-17H2,1-4H3. The number of carbonyl (C=O) groups excluding carboxylic acids is 1. The molecule has 0 spiro atoms.